The van der Waals surface area contributed by atoms with Crippen LogP contribution in [0.5, 0.6) is 0 Å². The summed E-state index contributed by atoms with van der Waals surface area (Å²) in [6.07, 6.45) is -60.3. The van der Waals surface area contributed by atoms with Gasteiger partial charge in [-0.2, -0.15) is 0 Å². The maximum Gasteiger partial charge on any atom is 0.364 e. The second-order valence-corrected chi connectivity index (χ2v) is 23.0. The number of aliphatic carboxylic acids is 2. The summed E-state index contributed by atoms with van der Waals surface area (Å²) in [7, 11) is 0. The number of pyridine rings is 1. The smallest absolute Gasteiger partial charge is 0.364 e. The summed E-state index contributed by atoms with van der Waals surface area (Å²) >= 11 is 0. The van der Waals surface area contributed by atoms with Crippen LogP contribution in [0.4, 0.5) is 5.82 Å². The van der Waals surface area contributed by atoms with Gasteiger partial charge in [0.15, 0.2) is 18.9 Å². The number of aliphatic hydroxyl groups excluding tert-OH is 19. The minimum Gasteiger partial charge on any atom is -0.477 e. The zero-order valence-corrected chi connectivity index (χ0v) is 50.4. The van der Waals surface area contributed by atoms with E-state index in [0.29, 0.717) is 0 Å². The number of anilines is 1. The molecule has 0 unspecified atom stereocenters. The molecule has 6 heterocycles. The highest BCUT2D eigenvalue weighted by Gasteiger charge is 2.64. The van der Waals surface area contributed by atoms with Crippen molar-refractivity contribution >= 4 is 35.5 Å². The maximum absolute atomic E-state index is 14.1. The maximum atomic E-state index is 14.1. The number of nitrogens with one attached hydrogen (secondary N) is 4. The van der Waals surface area contributed by atoms with Crippen LogP contribution in [-0.2, 0) is 71.3 Å². The van der Waals surface area contributed by atoms with Crippen molar-refractivity contribution in [2.75, 3.05) is 51.5 Å². The molecule has 538 valence electrons. The van der Waals surface area contributed by atoms with Crippen molar-refractivity contribution in [2.45, 2.75) is 223 Å². The Labute approximate surface area is 532 Å². The van der Waals surface area contributed by atoms with Crippen LogP contribution < -0.4 is 21.3 Å². The molecule has 5 aliphatic heterocycles. The summed E-state index contributed by atoms with van der Waals surface area (Å²) in [4.78, 5) is 69.5. The molecule has 0 bridgehead atoms. The van der Waals surface area contributed by atoms with Crippen molar-refractivity contribution in [3.63, 3.8) is 0 Å². The number of carboxylic acids is 2. The largest absolute Gasteiger partial charge is 0.477 e. The first-order valence-electron chi connectivity index (χ1n) is 29.3. The lowest BCUT2D eigenvalue weighted by Gasteiger charge is -2.53. The van der Waals surface area contributed by atoms with E-state index in [1.54, 1.807) is 12.1 Å². The van der Waals surface area contributed by atoms with Gasteiger partial charge in [-0.05, 0) is 12.1 Å². The van der Waals surface area contributed by atoms with Crippen molar-refractivity contribution in [1.82, 2.24) is 20.9 Å². The molecular formula is C53H85N5O36. The van der Waals surface area contributed by atoms with Crippen molar-refractivity contribution in [1.29, 1.82) is 0 Å². The average Bonchev–Trinajstić information content (AvgIpc) is 0.757. The Morgan fingerprint density at radius 2 is 1.07 bits per heavy atom. The van der Waals surface area contributed by atoms with Crippen molar-refractivity contribution in [3.8, 4) is 0 Å². The molecule has 6 rings (SSSR count). The Balaban J connectivity index is 1.47. The summed E-state index contributed by atoms with van der Waals surface area (Å²) in [5.41, 5.74) is 0. The third-order valence-electron chi connectivity index (χ3n) is 16.2. The van der Waals surface area contributed by atoms with Crippen LogP contribution in [0.15, 0.2) is 24.4 Å². The number of hydrogen-bond acceptors (Lipinski definition) is 36. The second-order valence-electron chi connectivity index (χ2n) is 23.0. The molecule has 0 radical (unpaired) electrons. The van der Waals surface area contributed by atoms with E-state index in [2.05, 4.69) is 26.3 Å². The van der Waals surface area contributed by atoms with Crippen LogP contribution in [0.2, 0.25) is 0 Å². The molecule has 0 aromatic carbocycles. The van der Waals surface area contributed by atoms with E-state index in [-0.39, 0.29) is 5.82 Å². The van der Waals surface area contributed by atoms with Crippen LogP contribution in [-0.4, -0.2) is 377 Å². The van der Waals surface area contributed by atoms with Gasteiger partial charge in [0.25, 0.3) is 11.6 Å². The van der Waals surface area contributed by atoms with E-state index >= 15 is 0 Å². The van der Waals surface area contributed by atoms with Gasteiger partial charge in [-0.25, -0.2) is 14.6 Å². The number of carbonyl (C=O) groups excluding carboxylic acids is 3. The van der Waals surface area contributed by atoms with E-state index in [1.807, 2.05) is 0 Å². The second kappa shape index (κ2) is 34.1. The Morgan fingerprint density at radius 1 is 0.564 bits per heavy atom. The van der Waals surface area contributed by atoms with Gasteiger partial charge in [-0.15, -0.1) is 0 Å². The lowest BCUT2D eigenvalue weighted by atomic mass is 9.87. The normalized spacial score (nSPS) is 38.9. The van der Waals surface area contributed by atoms with Crippen molar-refractivity contribution < 1.29 is 179 Å². The van der Waals surface area contributed by atoms with Crippen LogP contribution >= 0.6 is 0 Å². The fraction of sp³-hybridized carbons (Fsp3) is 0.811. The molecule has 5 aliphatic rings. The van der Waals surface area contributed by atoms with Crippen LogP contribution in [0.3, 0.4) is 0 Å². The third-order valence-corrected chi connectivity index (χ3v) is 16.2. The molecule has 41 heteroatoms. The monoisotopic (exact) mass is 1370 g/mol. The number of carboxylic acid groups (broad SMARTS) is 2. The van der Waals surface area contributed by atoms with Gasteiger partial charge in [0.1, 0.15) is 134 Å². The van der Waals surface area contributed by atoms with Crippen LogP contribution in [0, 0.1) is 0 Å². The summed E-state index contributed by atoms with van der Waals surface area (Å²) in [6, 6.07) is -1.32. The van der Waals surface area contributed by atoms with Gasteiger partial charge in [0, 0.05) is 46.4 Å². The summed E-state index contributed by atoms with van der Waals surface area (Å²) in [5.74, 6) is -14.4. The van der Waals surface area contributed by atoms with Gasteiger partial charge in [0.05, 0.1) is 70.0 Å². The number of aliphatic hydroxyl groups is 19. The third kappa shape index (κ3) is 17.9. The number of carbonyl (C=O) groups is 5. The summed E-state index contributed by atoms with van der Waals surface area (Å²) in [5, 5.41) is 241. The Hall–Kier alpha value is -4.86. The molecule has 0 spiro atoms. The topological polar surface area (TPSA) is 663 Å². The van der Waals surface area contributed by atoms with E-state index < -0.39 is 278 Å². The first kappa shape index (κ1) is 78.1. The molecule has 41 nitrogen and oxygen atoms in total. The van der Waals surface area contributed by atoms with E-state index in [1.165, 1.54) is 12.3 Å². The molecule has 31 atom stereocenters. The number of nitrogens with zero attached hydrogens (tertiary/aromatic N) is 1. The van der Waals surface area contributed by atoms with Gasteiger partial charge in [-0.3, -0.25) is 14.4 Å². The standard InChI is InChI=1S/C53H85N5O36/c1-17(65)56-30-20(68)8-52(50(81)82,92-44(30)34(74)23(71)11-59)91-27(15-63)37(77)45-31(57-18(2)66)21(69)9-53(93-45,51(83)84)94-46-40(80)49(88-41(24(72)12-60)33(73)22(70)10-55-29-6-4-5-7-54-29)87-28(16-64)42(46)89-47-32(58-19(3)67)43(36(76)26(14-62)85-47)90-48-39(79)38(78)35(75)25(13-61)86-48/h4-7,20-28,30-49,59-64,68-80H,8-16H2,1-3H3,(H,54,55)(H,56,65)(H,57,66)(H,58,67)(H,81,82)(H,83,84)/t20-,21-,22-,23+,24+,25+,26+,27+,28+,30+,31+,32+,33+,34+,35-,36-,37+,38-,39+,40+,41+,42-,43+,44+,45+,46+,47-,48-,49-,52+,53-/m0/s1. The first-order chi connectivity index (χ1) is 44.3. The van der Waals surface area contributed by atoms with E-state index in [4.69, 9.17) is 47.4 Å². The molecule has 1 aromatic heterocycles. The number of ether oxygens (including phenoxy) is 10. The Bertz CT molecular complexity index is 2600. The zero-order chi connectivity index (χ0) is 70.0. The molecule has 0 aliphatic carbocycles. The van der Waals surface area contributed by atoms with Gasteiger partial charge in [-0.1, -0.05) is 6.07 Å². The molecule has 5 fully saturated rings. The van der Waals surface area contributed by atoms with Gasteiger partial charge >= 0.3 is 11.9 Å². The SMILES string of the molecule is CC(=O)N[C@H]1[C@H](O[C@@H]2[C@H](O[C@]3(C(=O)O)C[C@H](O)[C@@H](NC(C)=O)[C@H]([C@H](O)[C@@H](CO)O[C@]4(C(=O)O)C[C@H](O)[C@@H](NC(C)=O)[C@H]([C@H](O)[C@H](O)CO)O4)O3)[C@@H](O)[C@H](O[C@@H]([C@H](O)[C@@H](O)CNc3ccccn3)[C@H](O)CO)O[C@@H]2CO)O[C@H](CO)[C@H](O)[C@@H]1O[C@@H]1O[C@H](CO)[C@H](O)[C@H](O)[C@H]1O. The summed E-state index contributed by atoms with van der Waals surface area (Å²) in [6.45, 7) is -5.49. The Kier molecular flexibility index (Phi) is 28.3. The zero-order valence-electron chi connectivity index (χ0n) is 50.4. The number of aromatic nitrogens is 1. The lowest BCUT2D eigenvalue weighted by molar-refractivity contribution is -0.399. The Morgan fingerprint density at radius 3 is 1.60 bits per heavy atom. The fourth-order valence-electron chi connectivity index (χ4n) is 11.4. The van der Waals surface area contributed by atoms with Crippen LogP contribution in [0.1, 0.15) is 33.6 Å². The molecule has 25 N–H and O–H groups in total. The van der Waals surface area contributed by atoms with Crippen LogP contribution in [0.25, 0.3) is 0 Å². The molecule has 5 saturated heterocycles. The predicted molar refractivity (Wildman–Crippen MR) is 296 cm³/mol. The average molecular weight is 1370 g/mol. The molecule has 3 amide bonds. The highest BCUT2D eigenvalue weighted by atomic mass is 16.8. The van der Waals surface area contributed by atoms with Crippen molar-refractivity contribution in [2.24, 2.45) is 0 Å². The first-order valence-corrected chi connectivity index (χ1v) is 29.3. The number of amides is 3. The van der Waals surface area contributed by atoms with Crippen molar-refractivity contribution in [3.05, 3.63) is 24.4 Å². The molecular weight excluding hydrogens is 1280 g/mol. The quantitative estimate of drug-likeness (QED) is 0.0328. The number of rotatable bonds is 31. The minimum atomic E-state index is -3.67. The highest BCUT2D eigenvalue weighted by Crippen LogP contribution is 2.42. The predicted octanol–water partition coefficient (Wildman–Crippen LogP) is -14.1. The molecule has 1 aromatic rings. The number of hydrogen-bond donors (Lipinski definition) is 25. The molecule has 0 saturated carbocycles. The van der Waals surface area contributed by atoms with E-state index in [9.17, 15) is 131 Å². The molecule has 94 heavy (non-hydrogen) atoms. The minimum absolute atomic E-state index is 0.164. The summed E-state index contributed by atoms with van der Waals surface area (Å²) < 4.78 is 58.8. The highest BCUT2D eigenvalue weighted by molar-refractivity contribution is 5.77. The van der Waals surface area contributed by atoms with E-state index in [0.717, 1.165) is 20.8 Å². The van der Waals surface area contributed by atoms with Gasteiger partial charge in [0.2, 0.25) is 17.7 Å². The lowest BCUT2D eigenvalue weighted by Crippen LogP contribution is -2.72. The fourth-order valence-corrected chi connectivity index (χ4v) is 11.4. The van der Waals surface area contributed by atoms with Gasteiger partial charge < -0.3 is 176 Å².